The van der Waals surface area contributed by atoms with Crippen molar-refractivity contribution in [3.8, 4) is 0 Å². The summed E-state index contributed by atoms with van der Waals surface area (Å²) in [7, 11) is -4.40. The topological polar surface area (TPSA) is 83.5 Å². The van der Waals surface area contributed by atoms with Gasteiger partial charge < -0.3 is 5.11 Å². The van der Waals surface area contributed by atoms with E-state index in [4.69, 9.17) is 16.7 Å². The number of hydrogen-bond acceptors (Lipinski definition) is 4. The maximum absolute atomic E-state index is 12.9. The fourth-order valence-electron chi connectivity index (χ4n) is 2.01. The van der Waals surface area contributed by atoms with E-state index in [1.165, 1.54) is 6.07 Å². The zero-order chi connectivity index (χ0) is 18.8. The predicted octanol–water partition coefficient (Wildman–Crippen LogP) is 3.91. The molecule has 0 aliphatic carbocycles. The largest absolute Gasteiger partial charge is 0.481 e. The number of sulfonamides is 1. The molecular formula is C14H11ClF3NO4S2. The number of alkyl halides is 3. The molecule has 0 aliphatic rings. The molecule has 1 atom stereocenters. The van der Waals surface area contributed by atoms with E-state index in [-0.39, 0.29) is 0 Å². The fraction of sp³-hybridized carbons (Fsp3) is 0.214. The maximum Gasteiger partial charge on any atom is 0.417 e. The second kappa shape index (κ2) is 7.32. The summed E-state index contributed by atoms with van der Waals surface area (Å²) in [5.41, 5.74) is -1.29. The number of carbonyl (C=O) groups is 1. The Morgan fingerprint density at radius 1 is 1.32 bits per heavy atom. The highest BCUT2D eigenvalue weighted by atomic mass is 35.5. The Morgan fingerprint density at radius 3 is 2.52 bits per heavy atom. The number of carboxylic acid groups (broad SMARTS) is 1. The number of benzene rings is 1. The first-order chi connectivity index (χ1) is 11.5. The minimum absolute atomic E-state index is 0.414. The Hall–Kier alpha value is -1.62. The van der Waals surface area contributed by atoms with Crippen molar-refractivity contribution in [2.45, 2.75) is 23.5 Å². The Kier molecular flexibility index (Phi) is 5.77. The number of rotatable bonds is 6. The van der Waals surface area contributed by atoms with Gasteiger partial charge in [0.2, 0.25) is 10.0 Å². The molecule has 0 saturated heterocycles. The Bertz CT molecular complexity index is 867. The molecule has 2 N–H and O–H groups in total. The van der Waals surface area contributed by atoms with Crippen molar-refractivity contribution in [2.24, 2.45) is 0 Å². The molecule has 25 heavy (non-hydrogen) atoms. The van der Waals surface area contributed by atoms with Crippen LogP contribution in [-0.2, 0) is 21.0 Å². The van der Waals surface area contributed by atoms with E-state index in [1.54, 1.807) is 11.4 Å². The van der Waals surface area contributed by atoms with E-state index >= 15 is 0 Å². The van der Waals surface area contributed by atoms with Crippen LogP contribution in [0.3, 0.4) is 0 Å². The van der Waals surface area contributed by atoms with Crippen molar-refractivity contribution in [1.82, 2.24) is 4.72 Å². The third-order valence-electron chi connectivity index (χ3n) is 3.12. The van der Waals surface area contributed by atoms with Gasteiger partial charge >= 0.3 is 12.1 Å². The minimum atomic E-state index is -4.82. The van der Waals surface area contributed by atoms with Gasteiger partial charge in [0, 0.05) is 4.88 Å². The lowest BCUT2D eigenvalue weighted by Crippen LogP contribution is -2.30. The van der Waals surface area contributed by atoms with E-state index in [2.05, 4.69) is 4.72 Å². The van der Waals surface area contributed by atoms with Crippen LogP contribution < -0.4 is 4.72 Å². The molecule has 1 aromatic heterocycles. The van der Waals surface area contributed by atoms with Crippen LogP contribution in [-0.4, -0.2) is 19.5 Å². The predicted molar refractivity (Wildman–Crippen MR) is 86.1 cm³/mol. The first-order valence-corrected chi connectivity index (χ1v) is 9.39. The molecular weight excluding hydrogens is 403 g/mol. The van der Waals surface area contributed by atoms with Gasteiger partial charge in [0.05, 0.1) is 27.9 Å². The first-order valence-electron chi connectivity index (χ1n) is 6.65. The van der Waals surface area contributed by atoms with Crippen molar-refractivity contribution < 1.29 is 31.5 Å². The smallest absolute Gasteiger partial charge is 0.417 e. The lowest BCUT2D eigenvalue weighted by atomic mass is 10.2. The average molecular weight is 414 g/mol. The summed E-state index contributed by atoms with van der Waals surface area (Å²) >= 11 is 6.60. The number of thiophene rings is 1. The Balaban J connectivity index is 2.39. The first kappa shape index (κ1) is 19.7. The van der Waals surface area contributed by atoms with Crippen LogP contribution >= 0.6 is 22.9 Å². The van der Waals surface area contributed by atoms with E-state index in [0.29, 0.717) is 10.9 Å². The van der Waals surface area contributed by atoms with E-state index < -0.39 is 50.1 Å². The number of hydrogen-bond donors (Lipinski definition) is 2. The van der Waals surface area contributed by atoms with E-state index in [9.17, 15) is 26.4 Å². The van der Waals surface area contributed by atoms with Gasteiger partial charge in [0.25, 0.3) is 0 Å². The van der Waals surface area contributed by atoms with E-state index in [1.807, 2.05) is 0 Å². The molecule has 5 nitrogen and oxygen atoms in total. The summed E-state index contributed by atoms with van der Waals surface area (Å²) in [5, 5.41) is 9.94. The van der Waals surface area contributed by atoms with Crippen molar-refractivity contribution in [3.05, 3.63) is 51.2 Å². The van der Waals surface area contributed by atoms with Crippen LogP contribution in [0.5, 0.6) is 0 Å². The molecule has 0 amide bonds. The summed E-state index contributed by atoms with van der Waals surface area (Å²) in [5.74, 6) is -1.26. The molecule has 0 bridgehead atoms. The summed E-state index contributed by atoms with van der Waals surface area (Å²) in [6.45, 7) is 0. The Morgan fingerprint density at radius 2 is 2.00 bits per heavy atom. The molecule has 136 valence electrons. The van der Waals surface area contributed by atoms with Crippen LogP contribution in [0.25, 0.3) is 0 Å². The third-order valence-corrected chi connectivity index (χ3v) is 5.90. The third kappa shape index (κ3) is 4.94. The quantitative estimate of drug-likeness (QED) is 0.752. The highest BCUT2D eigenvalue weighted by molar-refractivity contribution is 7.89. The van der Waals surface area contributed by atoms with Crippen LogP contribution in [0.1, 0.15) is 22.9 Å². The average Bonchev–Trinajstić information content (AvgIpc) is 2.98. The number of aliphatic carboxylic acids is 1. The number of halogens is 4. The van der Waals surface area contributed by atoms with Gasteiger partial charge in [-0.05, 0) is 29.6 Å². The summed E-state index contributed by atoms with van der Waals surface area (Å²) in [6, 6.07) is 4.20. The Labute approximate surface area is 150 Å². The van der Waals surface area contributed by atoms with E-state index in [0.717, 1.165) is 23.5 Å². The van der Waals surface area contributed by atoms with Gasteiger partial charge in [0.15, 0.2) is 0 Å². The maximum atomic E-state index is 12.9. The molecule has 1 aromatic carbocycles. The van der Waals surface area contributed by atoms with Crippen LogP contribution in [0, 0.1) is 0 Å². The lowest BCUT2D eigenvalue weighted by molar-refractivity contribution is -0.138. The normalized spacial score (nSPS) is 13.6. The molecule has 0 unspecified atom stereocenters. The molecule has 0 saturated carbocycles. The number of nitrogens with one attached hydrogen (secondary N) is 1. The molecule has 0 spiro atoms. The summed E-state index contributed by atoms with van der Waals surface area (Å²) in [4.78, 5) is 10.7. The zero-order valence-corrected chi connectivity index (χ0v) is 14.6. The summed E-state index contributed by atoms with van der Waals surface area (Å²) in [6.07, 6.45) is -5.38. The number of carboxylic acids is 1. The second-order valence-corrected chi connectivity index (χ2v) is 8.03. The molecule has 2 rings (SSSR count). The zero-order valence-electron chi connectivity index (χ0n) is 12.2. The minimum Gasteiger partial charge on any atom is -0.481 e. The molecule has 2 aromatic rings. The molecule has 0 fully saturated rings. The van der Waals surface area contributed by atoms with Crippen molar-refractivity contribution in [2.75, 3.05) is 0 Å². The van der Waals surface area contributed by atoms with Gasteiger partial charge in [-0.1, -0.05) is 17.7 Å². The van der Waals surface area contributed by atoms with Gasteiger partial charge in [-0.2, -0.15) is 13.2 Å². The van der Waals surface area contributed by atoms with Crippen LogP contribution in [0.2, 0.25) is 5.02 Å². The standard InChI is InChI=1S/C14H11ClF3NO4S2/c15-10-4-3-8(6-9(10)14(16,17)18)25(22,23)19-11(7-13(20)21)12-2-1-5-24-12/h1-6,11,19H,7H2,(H,20,21)/t11-/m0/s1. The molecule has 11 heteroatoms. The lowest BCUT2D eigenvalue weighted by Gasteiger charge is -2.17. The fourth-order valence-corrected chi connectivity index (χ4v) is 4.33. The SMILES string of the molecule is O=C(O)C[C@H](NS(=O)(=O)c1ccc(Cl)c(C(F)(F)F)c1)c1cccs1. The van der Waals surface area contributed by atoms with Crippen LogP contribution in [0.4, 0.5) is 13.2 Å². The van der Waals surface area contributed by atoms with Crippen molar-refractivity contribution in [3.63, 3.8) is 0 Å². The van der Waals surface area contributed by atoms with Gasteiger partial charge in [-0.25, -0.2) is 13.1 Å². The summed E-state index contributed by atoms with van der Waals surface area (Å²) < 4.78 is 65.6. The van der Waals surface area contributed by atoms with Gasteiger partial charge in [-0.15, -0.1) is 11.3 Å². The van der Waals surface area contributed by atoms with Crippen molar-refractivity contribution >= 4 is 38.9 Å². The monoisotopic (exact) mass is 413 g/mol. The molecule has 0 radical (unpaired) electrons. The highest BCUT2D eigenvalue weighted by Crippen LogP contribution is 2.36. The molecule has 0 aliphatic heterocycles. The highest BCUT2D eigenvalue weighted by Gasteiger charge is 2.35. The second-order valence-electron chi connectivity index (χ2n) is 4.93. The van der Waals surface area contributed by atoms with Crippen molar-refractivity contribution in [1.29, 1.82) is 0 Å². The van der Waals surface area contributed by atoms with Crippen LogP contribution in [0.15, 0.2) is 40.6 Å². The molecule has 1 heterocycles. The van der Waals surface area contributed by atoms with Gasteiger partial charge in [0.1, 0.15) is 0 Å². The van der Waals surface area contributed by atoms with Gasteiger partial charge in [-0.3, -0.25) is 4.79 Å².